The van der Waals surface area contributed by atoms with Crippen LogP contribution in [0.5, 0.6) is 0 Å². The average molecular weight is 197 g/mol. The Balaban J connectivity index is 2.29. The monoisotopic (exact) mass is 197 g/mol. The topological polar surface area (TPSA) is 74.5 Å². The van der Waals surface area contributed by atoms with E-state index in [9.17, 15) is 0 Å². The molecule has 0 amide bonds. The summed E-state index contributed by atoms with van der Waals surface area (Å²) < 4.78 is 0. The summed E-state index contributed by atoms with van der Waals surface area (Å²) in [5, 5.41) is 10.7. The molecule has 0 saturated heterocycles. The van der Waals surface area contributed by atoms with E-state index in [-0.39, 0.29) is 0 Å². The molecule has 0 fully saturated rings. The lowest BCUT2D eigenvalue weighted by Crippen LogP contribution is -1.94. The molecule has 0 aliphatic rings. The summed E-state index contributed by atoms with van der Waals surface area (Å²) in [7, 11) is 0. The molecule has 0 unspecified atom stereocenters. The van der Waals surface area contributed by atoms with Gasteiger partial charge in [-0.1, -0.05) is 0 Å². The Kier molecular flexibility index (Phi) is 2.52. The molecule has 2 aromatic heterocycles. The van der Waals surface area contributed by atoms with Gasteiger partial charge in [0, 0.05) is 30.4 Å². The van der Waals surface area contributed by atoms with Gasteiger partial charge in [0.15, 0.2) is 6.19 Å². The second kappa shape index (κ2) is 4.15. The molecule has 5 heteroatoms. The Hall–Kier alpha value is -2.48. The highest BCUT2D eigenvalue weighted by Gasteiger charge is 1.98. The molecule has 2 rings (SSSR count). The number of nitrogens with one attached hydrogen (secondary N) is 1. The van der Waals surface area contributed by atoms with Gasteiger partial charge in [-0.05, 0) is 17.7 Å². The van der Waals surface area contributed by atoms with Crippen LogP contribution >= 0.6 is 0 Å². The number of nitriles is 1. The van der Waals surface area contributed by atoms with Gasteiger partial charge in [0.25, 0.3) is 0 Å². The Morgan fingerprint density at radius 1 is 1.07 bits per heavy atom. The number of hydrogen-bond acceptors (Lipinski definition) is 5. The highest BCUT2D eigenvalue weighted by Crippen LogP contribution is 2.16. The second-order valence-corrected chi connectivity index (χ2v) is 2.77. The van der Waals surface area contributed by atoms with Crippen molar-refractivity contribution in [3.05, 3.63) is 36.9 Å². The Morgan fingerprint density at radius 2 is 1.73 bits per heavy atom. The molecular formula is C10H7N5. The van der Waals surface area contributed by atoms with Crippen molar-refractivity contribution in [2.24, 2.45) is 0 Å². The Morgan fingerprint density at radius 3 is 2.33 bits per heavy atom. The minimum Gasteiger partial charge on any atom is -0.265 e. The van der Waals surface area contributed by atoms with E-state index in [1.165, 1.54) is 0 Å². The number of hydrogen-bond donors (Lipinski definition) is 1. The lowest BCUT2D eigenvalue weighted by Gasteiger charge is -2.00. The van der Waals surface area contributed by atoms with Crippen molar-refractivity contribution >= 4 is 5.95 Å². The molecule has 0 aromatic carbocycles. The molecule has 2 heterocycles. The third-order valence-corrected chi connectivity index (χ3v) is 1.83. The third kappa shape index (κ3) is 2.06. The van der Waals surface area contributed by atoms with Crippen molar-refractivity contribution in [2.45, 2.75) is 0 Å². The highest BCUT2D eigenvalue weighted by atomic mass is 15.1. The van der Waals surface area contributed by atoms with Crippen LogP contribution in [0.25, 0.3) is 11.1 Å². The first-order chi connectivity index (χ1) is 7.40. The van der Waals surface area contributed by atoms with E-state index >= 15 is 0 Å². The summed E-state index contributed by atoms with van der Waals surface area (Å²) in [5.74, 6) is 0.301. The average Bonchev–Trinajstić information content (AvgIpc) is 2.32. The van der Waals surface area contributed by atoms with Crippen LogP contribution in [0.2, 0.25) is 0 Å². The van der Waals surface area contributed by atoms with Gasteiger partial charge in [0.1, 0.15) is 0 Å². The van der Waals surface area contributed by atoms with Crippen LogP contribution < -0.4 is 5.32 Å². The largest absolute Gasteiger partial charge is 0.265 e. The molecule has 2 aromatic rings. The molecular weight excluding hydrogens is 190 g/mol. The summed E-state index contributed by atoms with van der Waals surface area (Å²) in [4.78, 5) is 11.9. The minimum absolute atomic E-state index is 0.301. The summed E-state index contributed by atoms with van der Waals surface area (Å²) in [5.41, 5.74) is 1.88. The Bertz CT molecular complexity index is 471. The Labute approximate surface area is 86.5 Å². The van der Waals surface area contributed by atoms with E-state index in [2.05, 4.69) is 20.3 Å². The van der Waals surface area contributed by atoms with Crippen molar-refractivity contribution < 1.29 is 0 Å². The maximum atomic E-state index is 8.36. The van der Waals surface area contributed by atoms with Crippen LogP contribution in [0, 0.1) is 11.5 Å². The fourth-order valence-electron chi connectivity index (χ4n) is 1.14. The SMILES string of the molecule is N#CNc1ncc(-c2ccncc2)cn1. The third-order valence-electron chi connectivity index (χ3n) is 1.83. The van der Waals surface area contributed by atoms with Crippen molar-refractivity contribution in [1.82, 2.24) is 15.0 Å². The highest BCUT2D eigenvalue weighted by molar-refractivity contribution is 5.61. The van der Waals surface area contributed by atoms with E-state index in [0.717, 1.165) is 11.1 Å². The number of anilines is 1. The van der Waals surface area contributed by atoms with Crippen LogP contribution in [0.15, 0.2) is 36.9 Å². The van der Waals surface area contributed by atoms with Crippen molar-refractivity contribution in [3.8, 4) is 17.3 Å². The molecule has 0 aliphatic carbocycles. The van der Waals surface area contributed by atoms with Crippen LogP contribution in [-0.4, -0.2) is 15.0 Å². The zero-order valence-electron chi connectivity index (χ0n) is 7.75. The van der Waals surface area contributed by atoms with Crippen LogP contribution in [-0.2, 0) is 0 Å². The summed E-state index contributed by atoms with van der Waals surface area (Å²) in [6.07, 6.45) is 8.48. The van der Waals surface area contributed by atoms with Gasteiger partial charge in [-0.2, -0.15) is 5.26 Å². The normalized spacial score (nSPS) is 9.27. The fraction of sp³-hybridized carbons (Fsp3) is 0. The standard InChI is InChI=1S/C10H7N5/c11-7-15-10-13-5-9(6-14-10)8-1-3-12-4-2-8/h1-6H,(H,13,14,15). The van der Waals surface area contributed by atoms with E-state index < -0.39 is 0 Å². The molecule has 0 radical (unpaired) electrons. The van der Waals surface area contributed by atoms with Crippen LogP contribution in [0.3, 0.4) is 0 Å². The zero-order valence-corrected chi connectivity index (χ0v) is 7.75. The second-order valence-electron chi connectivity index (χ2n) is 2.77. The molecule has 5 nitrogen and oxygen atoms in total. The molecule has 0 atom stereocenters. The van der Waals surface area contributed by atoms with Gasteiger partial charge in [-0.25, -0.2) is 9.97 Å². The lowest BCUT2D eigenvalue weighted by atomic mass is 10.1. The van der Waals surface area contributed by atoms with Crippen molar-refractivity contribution in [1.29, 1.82) is 5.26 Å². The predicted octanol–water partition coefficient (Wildman–Crippen LogP) is 1.43. The number of rotatable bonds is 2. The number of nitrogens with zero attached hydrogens (tertiary/aromatic N) is 4. The van der Waals surface area contributed by atoms with E-state index in [4.69, 9.17) is 5.26 Å². The fourth-order valence-corrected chi connectivity index (χ4v) is 1.14. The van der Waals surface area contributed by atoms with Gasteiger partial charge < -0.3 is 0 Å². The van der Waals surface area contributed by atoms with Gasteiger partial charge in [0.05, 0.1) is 0 Å². The van der Waals surface area contributed by atoms with Crippen LogP contribution in [0.1, 0.15) is 0 Å². The van der Waals surface area contributed by atoms with E-state index in [0.29, 0.717) is 5.95 Å². The number of pyridine rings is 1. The molecule has 0 saturated carbocycles. The summed E-state index contributed by atoms with van der Waals surface area (Å²) in [6.45, 7) is 0. The summed E-state index contributed by atoms with van der Waals surface area (Å²) >= 11 is 0. The van der Waals surface area contributed by atoms with Crippen LogP contribution in [0.4, 0.5) is 5.95 Å². The first-order valence-electron chi connectivity index (χ1n) is 4.27. The molecule has 15 heavy (non-hydrogen) atoms. The van der Waals surface area contributed by atoms with Crippen molar-refractivity contribution in [3.63, 3.8) is 0 Å². The number of aromatic nitrogens is 3. The van der Waals surface area contributed by atoms with Gasteiger partial charge in [0.2, 0.25) is 5.95 Å². The molecule has 0 spiro atoms. The van der Waals surface area contributed by atoms with E-state index in [1.54, 1.807) is 31.0 Å². The molecule has 0 aliphatic heterocycles. The minimum atomic E-state index is 0.301. The quantitative estimate of drug-likeness (QED) is 0.582. The van der Waals surface area contributed by atoms with E-state index in [1.807, 2.05) is 12.1 Å². The maximum Gasteiger partial charge on any atom is 0.236 e. The van der Waals surface area contributed by atoms with Gasteiger partial charge >= 0.3 is 0 Å². The molecule has 72 valence electrons. The van der Waals surface area contributed by atoms with Gasteiger partial charge in [-0.3, -0.25) is 10.3 Å². The molecule has 0 bridgehead atoms. The summed E-state index contributed by atoms with van der Waals surface area (Å²) in [6, 6.07) is 3.74. The first-order valence-corrected chi connectivity index (χ1v) is 4.27. The maximum absolute atomic E-state index is 8.36. The van der Waals surface area contributed by atoms with Crippen molar-refractivity contribution in [2.75, 3.05) is 5.32 Å². The van der Waals surface area contributed by atoms with Gasteiger partial charge in [-0.15, -0.1) is 0 Å². The zero-order chi connectivity index (χ0) is 10.5. The smallest absolute Gasteiger partial charge is 0.236 e. The predicted molar refractivity (Wildman–Crippen MR) is 54.5 cm³/mol. The molecule has 1 N–H and O–H groups in total. The lowest BCUT2D eigenvalue weighted by molar-refractivity contribution is 1.17. The first kappa shape index (κ1) is 9.09.